The number of amides is 2. The van der Waals surface area contributed by atoms with E-state index in [4.69, 9.17) is 10.5 Å². The second-order valence-electron chi connectivity index (χ2n) is 7.80. The number of carbonyl (C=O) groups excluding carboxylic acids is 2. The number of primary amides is 1. The van der Waals surface area contributed by atoms with Crippen molar-refractivity contribution in [3.8, 4) is 5.75 Å². The van der Waals surface area contributed by atoms with Crippen molar-refractivity contribution in [2.75, 3.05) is 20.2 Å². The van der Waals surface area contributed by atoms with Gasteiger partial charge >= 0.3 is 0 Å². The summed E-state index contributed by atoms with van der Waals surface area (Å²) < 4.78 is 33.1. The Morgan fingerprint density at radius 3 is 2.31 bits per heavy atom. The van der Waals surface area contributed by atoms with Gasteiger partial charge in [-0.3, -0.25) is 9.59 Å². The van der Waals surface area contributed by atoms with Gasteiger partial charge in [-0.15, -0.1) is 0 Å². The summed E-state index contributed by atoms with van der Waals surface area (Å²) in [6, 6.07) is 12.4. The fourth-order valence-electron chi connectivity index (χ4n) is 3.76. The van der Waals surface area contributed by atoms with Crippen LogP contribution in [0.5, 0.6) is 5.75 Å². The number of methoxy groups -OCH3 is 1. The van der Waals surface area contributed by atoms with Crippen LogP contribution in [0.25, 0.3) is 0 Å². The average molecular weight is 460 g/mol. The zero-order valence-electron chi connectivity index (χ0n) is 18.1. The van der Waals surface area contributed by atoms with E-state index < -0.39 is 27.9 Å². The van der Waals surface area contributed by atoms with Crippen LogP contribution in [-0.2, 0) is 21.2 Å². The summed E-state index contributed by atoms with van der Waals surface area (Å²) in [6.07, 6.45) is 3.83. The Kier molecular flexibility index (Phi) is 7.87. The third-order valence-corrected chi connectivity index (χ3v) is 7.44. The zero-order chi connectivity index (χ0) is 23.1. The lowest BCUT2D eigenvalue weighted by atomic mass is 10.0. The van der Waals surface area contributed by atoms with Crippen LogP contribution in [0.15, 0.2) is 53.4 Å². The van der Waals surface area contributed by atoms with Gasteiger partial charge in [0.05, 0.1) is 17.6 Å². The molecule has 0 radical (unpaired) electrons. The summed E-state index contributed by atoms with van der Waals surface area (Å²) in [6.45, 7) is 0.910. The fraction of sp³-hybridized carbons (Fsp3) is 0.391. The Labute approximate surface area is 188 Å². The lowest BCUT2D eigenvalue weighted by molar-refractivity contribution is -0.119. The summed E-state index contributed by atoms with van der Waals surface area (Å²) in [7, 11) is -2.36. The number of nitrogens with two attached hydrogens (primary N) is 1. The lowest BCUT2D eigenvalue weighted by Gasteiger charge is -2.21. The minimum atomic E-state index is -3.75. The Hall–Kier alpha value is -2.91. The van der Waals surface area contributed by atoms with Crippen LogP contribution < -0.4 is 15.8 Å². The van der Waals surface area contributed by atoms with Gasteiger partial charge in [-0.25, -0.2) is 8.42 Å². The number of nitrogens with zero attached hydrogens (tertiary/aromatic N) is 1. The van der Waals surface area contributed by atoms with E-state index in [-0.39, 0.29) is 22.6 Å². The molecule has 3 rings (SSSR count). The van der Waals surface area contributed by atoms with Gasteiger partial charge < -0.3 is 15.8 Å². The van der Waals surface area contributed by atoms with E-state index in [1.165, 1.54) is 29.6 Å². The molecule has 0 saturated carbocycles. The molecule has 2 amide bonds. The van der Waals surface area contributed by atoms with Crippen LogP contribution in [0.2, 0.25) is 0 Å². The predicted octanol–water partition coefficient (Wildman–Crippen LogP) is 2.09. The van der Waals surface area contributed by atoms with Crippen LogP contribution in [-0.4, -0.2) is 50.8 Å². The molecule has 172 valence electrons. The molecule has 9 heteroatoms. The van der Waals surface area contributed by atoms with Crippen molar-refractivity contribution in [3.63, 3.8) is 0 Å². The van der Waals surface area contributed by atoms with E-state index in [0.29, 0.717) is 13.1 Å². The standard InChI is InChI=1S/C23H29N3O5S/c1-31-21-12-11-18(32(29,30)26-13-7-2-3-8-14-26)16-19(21)23(28)25-20(22(24)27)15-17-9-5-4-6-10-17/h4-6,9-12,16,20H,2-3,7-8,13-15H2,1H3,(H2,24,27)(H,25,28). The molecule has 8 nitrogen and oxygen atoms in total. The second-order valence-corrected chi connectivity index (χ2v) is 9.74. The van der Waals surface area contributed by atoms with Gasteiger partial charge in [0, 0.05) is 19.5 Å². The van der Waals surface area contributed by atoms with Crippen LogP contribution in [0.4, 0.5) is 0 Å². The minimum absolute atomic E-state index is 0.0176. The first-order chi connectivity index (χ1) is 15.3. The summed E-state index contributed by atoms with van der Waals surface area (Å²) in [5, 5.41) is 2.62. The third-order valence-electron chi connectivity index (χ3n) is 5.55. The lowest BCUT2D eigenvalue weighted by Crippen LogP contribution is -2.46. The van der Waals surface area contributed by atoms with E-state index >= 15 is 0 Å². The van der Waals surface area contributed by atoms with Gasteiger partial charge in [0.2, 0.25) is 15.9 Å². The molecule has 0 bridgehead atoms. The van der Waals surface area contributed by atoms with E-state index in [0.717, 1.165) is 31.2 Å². The normalized spacial score (nSPS) is 16.0. The van der Waals surface area contributed by atoms with Gasteiger partial charge in [-0.2, -0.15) is 4.31 Å². The maximum atomic E-state index is 13.2. The maximum absolute atomic E-state index is 13.2. The third kappa shape index (κ3) is 5.66. The number of rotatable bonds is 8. The number of benzene rings is 2. The molecule has 0 aromatic heterocycles. The van der Waals surface area contributed by atoms with Crippen molar-refractivity contribution in [2.45, 2.75) is 43.0 Å². The second kappa shape index (κ2) is 10.6. The van der Waals surface area contributed by atoms with Gasteiger partial charge in [0.15, 0.2) is 0 Å². The summed E-state index contributed by atoms with van der Waals surface area (Å²) in [5.74, 6) is -1.11. The van der Waals surface area contributed by atoms with Crippen molar-refractivity contribution in [1.82, 2.24) is 9.62 Å². The largest absolute Gasteiger partial charge is 0.496 e. The summed E-state index contributed by atoms with van der Waals surface area (Å²) >= 11 is 0. The molecule has 3 N–H and O–H groups in total. The van der Waals surface area contributed by atoms with E-state index in [1.807, 2.05) is 30.3 Å². The van der Waals surface area contributed by atoms with Gasteiger partial charge in [-0.05, 0) is 36.6 Å². The van der Waals surface area contributed by atoms with E-state index in [2.05, 4.69) is 5.32 Å². The molecule has 0 aliphatic carbocycles. The average Bonchev–Trinajstić information content (AvgIpc) is 3.09. The number of ether oxygens (including phenoxy) is 1. The van der Waals surface area contributed by atoms with E-state index in [1.54, 1.807) is 0 Å². The highest BCUT2D eigenvalue weighted by atomic mass is 32.2. The number of nitrogens with one attached hydrogen (secondary N) is 1. The molecule has 1 aliphatic heterocycles. The van der Waals surface area contributed by atoms with Crippen LogP contribution in [0.1, 0.15) is 41.6 Å². The van der Waals surface area contributed by atoms with Crippen LogP contribution >= 0.6 is 0 Å². The zero-order valence-corrected chi connectivity index (χ0v) is 18.9. The van der Waals surface area contributed by atoms with Gasteiger partial charge in [-0.1, -0.05) is 43.2 Å². The number of hydrogen-bond acceptors (Lipinski definition) is 5. The predicted molar refractivity (Wildman–Crippen MR) is 121 cm³/mol. The molecule has 1 heterocycles. The Morgan fingerprint density at radius 1 is 1.06 bits per heavy atom. The minimum Gasteiger partial charge on any atom is -0.496 e. The molecule has 32 heavy (non-hydrogen) atoms. The Morgan fingerprint density at radius 2 is 1.72 bits per heavy atom. The van der Waals surface area contributed by atoms with Crippen molar-refractivity contribution >= 4 is 21.8 Å². The van der Waals surface area contributed by atoms with Crippen molar-refractivity contribution in [3.05, 3.63) is 59.7 Å². The van der Waals surface area contributed by atoms with Crippen molar-refractivity contribution in [2.24, 2.45) is 5.73 Å². The number of carbonyl (C=O) groups is 2. The van der Waals surface area contributed by atoms with Crippen molar-refractivity contribution < 1.29 is 22.7 Å². The molecule has 1 aliphatic rings. The highest BCUT2D eigenvalue weighted by molar-refractivity contribution is 7.89. The first kappa shape index (κ1) is 23.7. The maximum Gasteiger partial charge on any atom is 0.255 e. The number of sulfonamides is 1. The SMILES string of the molecule is COc1ccc(S(=O)(=O)N2CCCCCC2)cc1C(=O)NC(Cc1ccccc1)C(N)=O. The smallest absolute Gasteiger partial charge is 0.255 e. The summed E-state index contributed by atoms with van der Waals surface area (Å²) in [4.78, 5) is 25.0. The van der Waals surface area contributed by atoms with Gasteiger partial charge in [0.25, 0.3) is 5.91 Å². The summed E-state index contributed by atoms with van der Waals surface area (Å²) in [5.41, 5.74) is 6.37. The molecule has 1 saturated heterocycles. The Bertz CT molecular complexity index is 1050. The molecule has 2 aromatic carbocycles. The monoisotopic (exact) mass is 459 g/mol. The van der Waals surface area contributed by atoms with Crippen LogP contribution in [0, 0.1) is 0 Å². The first-order valence-corrected chi connectivity index (χ1v) is 12.1. The molecule has 1 atom stereocenters. The Balaban J connectivity index is 1.86. The first-order valence-electron chi connectivity index (χ1n) is 10.6. The fourth-order valence-corrected chi connectivity index (χ4v) is 5.31. The molecular weight excluding hydrogens is 430 g/mol. The molecule has 2 aromatic rings. The van der Waals surface area contributed by atoms with Crippen LogP contribution in [0.3, 0.4) is 0 Å². The molecule has 1 fully saturated rings. The van der Waals surface area contributed by atoms with Gasteiger partial charge in [0.1, 0.15) is 11.8 Å². The highest BCUT2D eigenvalue weighted by Gasteiger charge is 2.28. The van der Waals surface area contributed by atoms with Crippen molar-refractivity contribution in [1.29, 1.82) is 0 Å². The molecular formula is C23H29N3O5S. The quantitative estimate of drug-likeness (QED) is 0.627. The highest BCUT2D eigenvalue weighted by Crippen LogP contribution is 2.26. The molecule has 0 spiro atoms. The molecule has 1 unspecified atom stereocenters. The number of hydrogen-bond donors (Lipinski definition) is 2. The topological polar surface area (TPSA) is 119 Å². The van der Waals surface area contributed by atoms with E-state index in [9.17, 15) is 18.0 Å².